The molecule has 5 nitrogen and oxygen atoms in total. The van der Waals surface area contributed by atoms with Gasteiger partial charge in [0.05, 0.1) is 14.2 Å². The van der Waals surface area contributed by atoms with E-state index < -0.39 is 0 Å². The maximum Gasteiger partial charge on any atom is 0.231 e. The molecule has 116 valence electrons. The van der Waals surface area contributed by atoms with Crippen LogP contribution in [0, 0.1) is 13.8 Å². The van der Waals surface area contributed by atoms with Gasteiger partial charge in [-0.3, -0.25) is 0 Å². The molecule has 1 heterocycles. The first-order valence-electron chi connectivity index (χ1n) is 6.92. The van der Waals surface area contributed by atoms with Crippen LogP contribution in [0.4, 0.5) is 0 Å². The van der Waals surface area contributed by atoms with Gasteiger partial charge in [0, 0.05) is 17.2 Å². The number of hydrogen-bond donors (Lipinski definition) is 1. The van der Waals surface area contributed by atoms with Gasteiger partial charge >= 0.3 is 0 Å². The van der Waals surface area contributed by atoms with Crippen LogP contribution in [0.25, 0.3) is 11.1 Å². The van der Waals surface area contributed by atoms with E-state index in [2.05, 4.69) is 0 Å². The van der Waals surface area contributed by atoms with Crippen molar-refractivity contribution < 1.29 is 24.1 Å². The van der Waals surface area contributed by atoms with Crippen LogP contribution < -0.4 is 18.9 Å². The molecule has 0 spiro atoms. The fourth-order valence-electron chi connectivity index (χ4n) is 2.68. The monoisotopic (exact) mass is 302 g/mol. The van der Waals surface area contributed by atoms with Crippen molar-refractivity contribution in [3.63, 3.8) is 0 Å². The normalized spacial score (nSPS) is 12.4. The number of benzene rings is 2. The number of phenols is 1. The van der Waals surface area contributed by atoms with E-state index in [1.807, 2.05) is 19.9 Å². The first-order chi connectivity index (χ1) is 10.6. The van der Waals surface area contributed by atoms with Crippen molar-refractivity contribution in [2.75, 3.05) is 21.0 Å². The highest BCUT2D eigenvalue weighted by atomic mass is 16.7. The zero-order valence-corrected chi connectivity index (χ0v) is 13.0. The molecule has 5 heteroatoms. The number of rotatable bonds is 3. The lowest BCUT2D eigenvalue weighted by atomic mass is 9.96. The van der Waals surface area contributed by atoms with Crippen LogP contribution in [0.2, 0.25) is 0 Å². The minimum Gasteiger partial charge on any atom is -0.507 e. The van der Waals surface area contributed by atoms with Gasteiger partial charge in [-0.1, -0.05) is 0 Å². The zero-order valence-electron chi connectivity index (χ0n) is 13.0. The summed E-state index contributed by atoms with van der Waals surface area (Å²) in [7, 11) is 3.24. The van der Waals surface area contributed by atoms with E-state index in [-0.39, 0.29) is 12.5 Å². The fraction of sp³-hybridized carbons (Fsp3) is 0.294. The summed E-state index contributed by atoms with van der Waals surface area (Å²) in [5, 5.41) is 10.3. The molecule has 0 saturated carbocycles. The first kappa shape index (κ1) is 14.4. The highest BCUT2D eigenvalue weighted by Gasteiger charge is 2.22. The molecule has 3 rings (SSSR count). The molecule has 2 aromatic carbocycles. The molecular weight excluding hydrogens is 284 g/mol. The van der Waals surface area contributed by atoms with Gasteiger partial charge in [-0.2, -0.15) is 0 Å². The van der Waals surface area contributed by atoms with E-state index in [1.54, 1.807) is 26.4 Å². The molecule has 1 N–H and O–H groups in total. The Labute approximate surface area is 129 Å². The van der Waals surface area contributed by atoms with Crippen molar-refractivity contribution in [3.05, 3.63) is 29.3 Å². The van der Waals surface area contributed by atoms with E-state index in [0.29, 0.717) is 22.8 Å². The minimum absolute atomic E-state index is 0.104. The van der Waals surface area contributed by atoms with Crippen LogP contribution in [0.5, 0.6) is 28.7 Å². The number of hydrogen-bond acceptors (Lipinski definition) is 5. The average Bonchev–Trinajstić information content (AvgIpc) is 2.96. The summed E-state index contributed by atoms with van der Waals surface area (Å²) >= 11 is 0. The second-order valence-corrected chi connectivity index (χ2v) is 5.13. The van der Waals surface area contributed by atoms with Gasteiger partial charge in [0.2, 0.25) is 6.79 Å². The maximum atomic E-state index is 10.3. The SMILES string of the molecule is COc1cc(-c2cc3c(cc2O)OCO3)c(OC)c(C)c1C. The Morgan fingerprint density at radius 2 is 1.59 bits per heavy atom. The summed E-state index contributed by atoms with van der Waals surface area (Å²) in [5.41, 5.74) is 3.33. The molecule has 0 aliphatic carbocycles. The fourth-order valence-corrected chi connectivity index (χ4v) is 2.68. The van der Waals surface area contributed by atoms with Crippen molar-refractivity contribution in [2.24, 2.45) is 0 Å². The molecule has 0 atom stereocenters. The van der Waals surface area contributed by atoms with Crippen molar-refractivity contribution >= 4 is 0 Å². The average molecular weight is 302 g/mol. The van der Waals surface area contributed by atoms with E-state index >= 15 is 0 Å². The third-order valence-electron chi connectivity index (χ3n) is 4.00. The van der Waals surface area contributed by atoms with Crippen LogP contribution in [-0.2, 0) is 0 Å². The second kappa shape index (κ2) is 5.33. The number of fused-ring (bicyclic) bond motifs is 1. The Kier molecular flexibility index (Phi) is 3.48. The lowest BCUT2D eigenvalue weighted by Crippen LogP contribution is -1.98. The van der Waals surface area contributed by atoms with Crippen molar-refractivity contribution in [3.8, 4) is 39.9 Å². The highest BCUT2D eigenvalue weighted by molar-refractivity contribution is 5.81. The Bertz CT molecular complexity index is 737. The van der Waals surface area contributed by atoms with Gasteiger partial charge in [-0.05, 0) is 37.1 Å². The molecular formula is C17H18O5. The van der Waals surface area contributed by atoms with Crippen molar-refractivity contribution in [2.45, 2.75) is 13.8 Å². The standard InChI is InChI=1S/C17H18O5/c1-9-10(2)17(20-4)12(6-14(9)19-3)11-5-15-16(7-13(11)18)22-8-21-15/h5-7,18H,8H2,1-4H3. The molecule has 0 unspecified atom stereocenters. The third kappa shape index (κ3) is 2.09. The third-order valence-corrected chi connectivity index (χ3v) is 4.00. The number of aromatic hydroxyl groups is 1. The van der Waals surface area contributed by atoms with Gasteiger partial charge in [0.25, 0.3) is 0 Å². The predicted octanol–water partition coefficient (Wildman–Crippen LogP) is 3.42. The highest BCUT2D eigenvalue weighted by Crippen LogP contribution is 2.47. The maximum absolute atomic E-state index is 10.3. The minimum atomic E-state index is 0.104. The Balaban J connectivity index is 2.26. The molecule has 0 fully saturated rings. The number of phenolic OH excluding ortho intramolecular Hbond substituents is 1. The topological polar surface area (TPSA) is 57.2 Å². The van der Waals surface area contributed by atoms with Gasteiger partial charge in [0.15, 0.2) is 11.5 Å². The summed E-state index contributed by atoms with van der Waals surface area (Å²) in [6.07, 6.45) is 0. The largest absolute Gasteiger partial charge is 0.507 e. The summed E-state index contributed by atoms with van der Waals surface area (Å²) in [4.78, 5) is 0. The predicted molar refractivity (Wildman–Crippen MR) is 82.2 cm³/mol. The molecule has 0 radical (unpaired) electrons. The lowest BCUT2D eigenvalue weighted by molar-refractivity contribution is 0.174. The van der Waals surface area contributed by atoms with E-state index in [9.17, 15) is 5.11 Å². The van der Waals surface area contributed by atoms with Crippen LogP contribution >= 0.6 is 0 Å². The summed E-state index contributed by atoms with van der Waals surface area (Å²) < 4.78 is 21.6. The summed E-state index contributed by atoms with van der Waals surface area (Å²) in [6, 6.07) is 5.17. The lowest BCUT2D eigenvalue weighted by Gasteiger charge is -2.18. The Hall–Kier alpha value is -2.56. The smallest absolute Gasteiger partial charge is 0.231 e. The van der Waals surface area contributed by atoms with Crippen LogP contribution in [-0.4, -0.2) is 26.1 Å². The Morgan fingerprint density at radius 3 is 2.23 bits per heavy atom. The molecule has 0 bridgehead atoms. The van der Waals surface area contributed by atoms with Gasteiger partial charge < -0.3 is 24.1 Å². The van der Waals surface area contributed by atoms with Crippen molar-refractivity contribution in [1.29, 1.82) is 0 Å². The molecule has 0 aromatic heterocycles. The molecule has 1 aliphatic heterocycles. The van der Waals surface area contributed by atoms with Gasteiger partial charge in [0.1, 0.15) is 17.2 Å². The summed E-state index contributed by atoms with van der Waals surface area (Å²) in [6.45, 7) is 4.09. The van der Waals surface area contributed by atoms with Crippen LogP contribution in [0.15, 0.2) is 18.2 Å². The first-order valence-corrected chi connectivity index (χ1v) is 6.92. The number of methoxy groups -OCH3 is 2. The van der Waals surface area contributed by atoms with E-state index in [1.165, 1.54) is 0 Å². The zero-order chi connectivity index (χ0) is 15.9. The van der Waals surface area contributed by atoms with Crippen LogP contribution in [0.3, 0.4) is 0 Å². The van der Waals surface area contributed by atoms with Gasteiger partial charge in [-0.25, -0.2) is 0 Å². The molecule has 1 aliphatic rings. The second-order valence-electron chi connectivity index (χ2n) is 5.13. The molecule has 0 amide bonds. The van der Waals surface area contributed by atoms with E-state index in [0.717, 1.165) is 22.4 Å². The van der Waals surface area contributed by atoms with Gasteiger partial charge in [-0.15, -0.1) is 0 Å². The Morgan fingerprint density at radius 1 is 0.909 bits per heavy atom. The quantitative estimate of drug-likeness (QED) is 0.941. The van der Waals surface area contributed by atoms with Crippen molar-refractivity contribution in [1.82, 2.24) is 0 Å². The van der Waals surface area contributed by atoms with E-state index in [4.69, 9.17) is 18.9 Å². The summed E-state index contributed by atoms with van der Waals surface area (Å²) in [5.74, 6) is 2.69. The number of ether oxygens (including phenoxy) is 4. The molecule has 2 aromatic rings. The molecule has 0 saturated heterocycles. The van der Waals surface area contributed by atoms with Crippen LogP contribution in [0.1, 0.15) is 11.1 Å². The molecule has 22 heavy (non-hydrogen) atoms.